The molecule has 0 fully saturated rings. The van der Waals surface area contributed by atoms with E-state index >= 15 is 0 Å². The van der Waals surface area contributed by atoms with Gasteiger partial charge in [0.1, 0.15) is 0 Å². The zero-order chi connectivity index (χ0) is 11.3. The van der Waals surface area contributed by atoms with Crippen LogP contribution in [0.4, 0.5) is 0 Å². The quantitative estimate of drug-likeness (QED) is 0.785. The number of hydrogen-bond acceptors (Lipinski definition) is 1. The van der Waals surface area contributed by atoms with Crippen molar-refractivity contribution < 1.29 is 0 Å². The Labute approximate surface area is 93.7 Å². The number of aryl methyl sites for hydroxylation is 1. The molecule has 2 N–H and O–H groups in total. The Kier molecular flexibility index (Phi) is 4.83. The number of nitrogens with two attached hydrogens (primary N) is 1. The topological polar surface area (TPSA) is 26.0 Å². The Morgan fingerprint density at radius 2 is 2.00 bits per heavy atom. The Hall–Kier alpha value is -0.820. The maximum absolute atomic E-state index is 5.81. The minimum atomic E-state index is 0.631. The van der Waals surface area contributed by atoms with Crippen molar-refractivity contribution in [1.29, 1.82) is 0 Å². The van der Waals surface area contributed by atoms with Gasteiger partial charge in [-0.25, -0.2) is 0 Å². The molecule has 1 rings (SSSR count). The van der Waals surface area contributed by atoms with E-state index in [1.54, 1.807) is 0 Å². The molecule has 1 nitrogen and oxygen atoms in total. The highest BCUT2D eigenvalue weighted by Crippen LogP contribution is 2.16. The lowest BCUT2D eigenvalue weighted by molar-refractivity contribution is 0.415. The van der Waals surface area contributed by atoms with E-state index in [0.717, 1.165) is 18.9 Å². The summed E-state index contributed by atoms with van der Waals surface area (Å²) in [7, 11) is 0. The van der Waals surface area contributed by atoms with Gasteiger partial charge in [-0.2, -0.15) is 0 Å². The average molecular weight is 205 g/mol. The van der Waals surface area contributed by atoms with Gasteiger partial charge < -0.3 is 5.73 Å². The highest BCUT2D eigenvalue weighted by atomic mass is 14.5. The van der Waals surface area contributed by atoms with Gasteiger partial charge in [-0.05, 0) is 43.7 Å². The minimum Gasteiger partial charge on any atom is -0.330 e. The number of benzene rings is 1. The van der Waals surface area contributed by atoms with Gasteiger partial charge in [0.2, 0.25) is 0 Å². The number of rotatable bonds is 5. The van der Waals surface area contributed by atoms with E-state index in [2.05, 4.69) is 45.0 Å². The summed E-state index contributed by atoms with van der Waals surface area (Å²) in [5, 5.41) is 0. The van der Waals surface area contributed by atoms with E-state index in [9.17, 15) is 0 Å². The lowest BCUT2D eigenvalue weighted by Crippen LogP contribution is -2.18. The molecule has 1 unspecified atom stereocenters. The third kappa shape index (κ3) is 4.48. The van der Waals surface area contributed by atoms with Crippen molar-refractivity contribution in [2.75, 3.05) is 6.54 Å². The smallest absolute Gasteiger partial charge is 0.00456 e. The molecule has 0 amide bonds. The van der Waals surface area contributed by atoms with Gasteiger partial charge in [0.05, 0.1) is 0 Å². The summed E-state index contributed by atoms with van der Waals surface area (Å²) in [5.41, 5.74) is 8.57. The van der Waals surface area contributed by atoms with E-state index in [-0.39, 0.29) is 0 Å². The highest BCUT2D eigenvalue weighted by Gasteiger charge is 2.09. The molecular formula is C14H23N. The SMILES string of the molecule is Cc1cccc(CC(CN)CC(C)C)c1. The normalized spacial score (nSPS) is 13.1. The largest absolute Gasteiger partial charge is 0.330 e. The van der Waals surface area contributed by atoms with Crippen molar-refractivity contribution in [3.05, 3.63) is 35.4 Å². The van der Waals surface area contributed by atoms with Gasteiger partial charge >= 0.3 is 0 Å². The second-order valence-corrected chi connectivity index (χ2v) is 4.92. The van der Waals surface area contributed by atoms with Crippen LogP contribution >= 0.6 is 0 Å². The van der Waals surface area contributed by atoms with Crippen LogP contribution in [-0.2, 0) is 6.42 Å². The molecule has 0 aromatic heterocycles. The van der Waals surface area contributed by atoms with Crippen LogP contribution < -0.4 is 5.73 Å². The molecule has 0 aliphatic carbocycles. The van der Waals surface area contributed by atoms with Crippen LogP contribution in [0.25, 0.3) is 0 Å². The molecule has 1 atom stereocenters. The van der Waals surface area contributed by atoms with E-state index in [4.69, 9.17) is 5.73 Å². The van der Waals surface area contributed by atoms with Crippen molar-refractivity contribution in [2.24, 2.45) is 17.6 Å². The summed E-state index contributed by atoms with van der Waals surface area (Å²) < 4.78 is 0. The van der Waals surface area contributed by atoms with Gasteiger partial charge in [0.25, 0.3) is 0 Å². The van der Waals surface area contributed by atoms with Crippen LogP contribution in [-0.4, -0.2) is 6.54 Å². The molecule has 84 valence electrons. The maximum atomic E-state index is 5.81. The molecule has 15 heavy (non-hydrogen) atoms. The van der Waals surface area contributed by atoms with Crippen LogP contribution in [0.15, 0.2) is 24.3 Å². The second-order valence-electron chi connectivity index (χ2n) is 4.92. The molecule has 0 aliphatic rings. The fourth-order valence-corrected chi connectivity index (χ4v) is 2.10. The summed E-state index contributed by atoms with van der Waals surface area (Å²) in [4.78, 5) is 0. The molecule has 0 radical (unpaired) electrons. The fourth-order valence-electron chi connectivity index (χ4n) is 2.10. The Morgan fingerprint density at radius 3 is 2.53 bits per heavy atom. The monoisotopic (exact) mass is 205 g/mol. The molecule has 0 heterocycles. The molecule has 0 saturated carbocycles. The van der Waals surface area contributed by atoms with E-state index in [1.165, 1.54) is 17.5 Å². The summed E-state index contributed by atoms with van der Waals surface area (Å²) in [6.07, 6.45) is 2.35. The first-order valence-electron chi connectivity index (χ1n) is 5.87. The average Bonchev–Trinajstić information content (AvgIpc) is 2.16. The molecule has 0 spiro atoms. The first-order valence-corrected chi connectivity index (χ1v) is 5.87. The third-order valence-electron chi connectivity index (χ3n) is 2.74. The van der Waals surface area contributed by atoms with Crippen molar-refractivity contribution in [3.63, 3.8) is 0 Å². The fraction of sp³-hybridized carbons (Fsp3) is 0.571. The predicted octanol–water partition coefficient (Wildman–Crippen LogP) is 3.16. The van der Waals surface area contributed by atoms with Crippen LogP contribution in [0.2, 0.25) is 0 Å². The zero-order valence-corrected chi connectivity index (χ0v) is 10.2. The molecule has 0 saturated heterocycles. The molecule has 0 bridgehead atoms. The molecule has 1 aromatic carbocycles. The molecule has 1 aromatic rings. The van der Waals surface area contributed by atoms with Crippen LogP contribution in [0.3, 0.4) is 0 Å². The van der Waals surface area contributed by atoms with Crippen molar-refractivity contribution in [1.82, 2.24) is 0 Å². The highest BCUT2D eigenvalue weighted by molar-refractivity contribution is 5.22. The Bertz CT molecular complexity index is 291. The van der Waals surface area contributed by atoms with Gasteiger partial charge in [-0.3, -0.25) is 0 Å². The first kappa shape index (κ1) is 12.3. The lowest BCUT2D eigenvalue weighted by atomic mass is 9.91. The summed E-state index contributed by atoms with van der Waals surface area (Å²) in [6.45, 7) is 7.47. The van der Waals surface area contributed by atoms with Crippen molar-refractivity contribution >= 4 is 0 Å². The van der Waals surface area contributed by atoms with Crippen molar-refractivity contribution in [2.45, 2.75) is 33.6 Å². The standard InChI is InChI=1S/C14H23N/c1-11(2)7-14(10-15)9-13-6-4-5-12(3)8-13/h4-6,8,11,14H,7,9-10,15H2,1-3H3. The van der Waals surface area contributed by atoms with Crippen LogP contribution in [0.5, 0.6) is 0 Å². The predicted molar refractivity (Wildman–Crippen MR) is 66.9 cm³/mol. The first-order chi connectivity index (χ1) is 7.11. The van der Waals surface area contributed by atoms with Crippen molar-refractivity contribution in [3.8, 4) is 0 Å². The minimum absolute atomic E-state index is 0.631. The summed E-state index contributed by atoms with van der Waals surface area (Å²) >= 11 is 0. The molecule has 0 aliphatic heterocycles. The number of hydrogen-bond donors (Lipinski definition) is 1. The van der Waals surface area contributed by atoms with Crippen LogP contribution in [0.1, 0.15) is 31.4 Å². The van der Waals surface area contributed by atoms with E-state index in [0.29, 0.717) is 5.92 Å². The van der Waals surface area contributed by atoms with E-state index < -0.39 is 0 Å². The van der Waals surface area contributed by atoms with E-state index in [1.807, 2.05) is 0 Å². The zero-order valence-electron chi connectivity index (χ0n) is 10.2. The summed E-state index contributed by atoms with van der Waals surface area (Å²) in [6, 6.07) is 8.75. The van der Waals surface area contributed by atoms with Gasteiger partial charge in [0, 0.05) is 0 Å². The summed E-state index contributed by atoms with van der Waals surface area (Å²) in [5.74, 6) is 1.37. The Balaban J connectivity index is 2.58. The second kappa shape index (κ2) is 5.92. The third-order valence-corrected chi connectivity index (χ3v) is 2.74. The Morgan fingerprint density at radius 1 is 1.27 bits per heavy atom. The van der Waals surface area contributed by atoms with Gasteiger partial charge in [0.15, 0.2) is 0 Å². The maximum Gasteiger partial charge on any atom is -0.00456 e. The van der Waals surface area contributed by atoms with Gasteiger partial charge in [-0.1, -0.05) is 43.7 Å². The lowest BCUT2D eigenvalue weighted by Gasteiger charge is -2.17. The molecule has 1 heteroatoms. The molecular weight excluding hydrogens is 182 g/mol. The van der Waals surface area contributed by atoms with Gasteiger partial charge in [-0.15, -0.1) is 0 Å². The van der Waals surface area contributed by atoms with Crippen LogP contribution in [0, 0.1) is 18.8 Å².